The first kappa shape index (κ1) is 20.5. The predicted molar refractivity (Wildman–Crippen MR) is 106 cm³/mol. The van der Waals surface area contributed by atoms with Gasteiger partial charge in [-0.15, -0.1) is 10.2 Å². The van der Waals surface area contributed by atoms with Crippen LogP contribution in [0.1, 0.15) is 16.7 Å². The molecule has 0 unspecified atom stereocenters. The Morgan fingerprint density at radius 2 is 1.97 bits per heavy atom. The first-order valence-corrected chi connectivity index (χ1v) is 9.67. The molecular weight excluding hydrogens is 435 g/mol. The highest BCUT2D eigenvalue weighted by Gasteiger charge is 2.30. The second-order valence-electron chi connectivity index (χ2n) is 6.22. The highest BCUT2D eigenvalue weighted by atomic mass is 32.2. The number of thioether (sulfide) groups is 1. The largest absolute Gasteiger partial charge is 0.416 e. The van der Waals surface area contributed by atoms with E-state index in [1.807, 2.05) is 0 Å². The van der Waals surface area contributed by atoms with Gasteiger partial charge in [0.15, 0.2) is 0 Å². The molecule has 2 aromatic carbocycles. The average Bonchev–Trinajstić information content (AvgIpc) is 3.33. The number of rotatable bonds is 6. The van der Waals surface area contributed by atoms with Crippen LogP contribution >= 0.6 is 11.8 Å². The van der Waals surface area contributed by atoms with E-state index in [9.17, 15) is 23.3 Å². The van der Waals surface area contributed by atoms with E-state index in [4.69, 9.17) is 0 Å². The fourth-order valence-electron chi connectivity index (χ4n) is 2.70. The van der Waals surface area contributed by atoms with Crippen LogP contribution in [0.2, 0.25) is 0 Å². The predicted octanol–water partition coefficient (Wildman–Crippen LogP) is 4.03. The van der Waals surface area contributed by atoms with E-state index in [1.54, 1.807) is 24.3 Å². The Morgan fingerprint density at radius 3 is 2.74 bits per heavy atom. The SMILES string of the molecule is O=[N+]([O-])c1ccccc1C=Nn1cnn2c(SCc3cccc(C(F)(F)F)c3)nnc12. The van der Waals surface area contributed by atoms with Gasteiger partial charge in [-0.2, -0.15) is 32.6 Å². The summed E-state index contributed by atoms with van der Waals surface area (Å²) in [4.78, 5) is 10.6. The third-order valence-corrected chi connectivity index (χ3v) is 5.14. The van der Waals surface area contributed by atoms with Crippen LogP contribution < -0.4 is 0 Å². The molecular formula is C18H12F3N7O2S. The van der Waals surface area contributed by atoms with Crippen molar-refractivity contribution in [3.8, 4) is 0 Å². The molecule has 0 aliphatic carbocycles. The zero-order chi connectivity index (χ0) is 22.0. The molecule has 0 bridgehead atoms. The zero-order valence-electron chi connectivity index (χ0n) is 15.5. The number of alkyl halides is 3. The van der Waals surface area contributed by atoms with Crippen molar-refractivity contribution in [2.75, 3.05) is 0 Å². The number of para-hydroxylation sites is 1. The standard InChI is InChI=1S/C18H12F3N7O2S/c19-18(20,21)14-6-3-4-12(8-14)10-31-17-25-24-16-26(11-23-27(16)17)22-9-13-5-1-2-7-15(13)28(29)30/h1-9,11H,10H2. The van der Waals surface area contributed by atoms with E-state index in [0.717, 1.165) is 12.1 Å². The summed E-state index contributed by atoms with van der Waals surface area (Å²) >= 11 is 1.17. The van der Waals surface area contributed by atoms with Crippen molar-refractivity contribution in [1.29, 1.82) is 0 Å². The molecule has 0 fully saturated rings. The molecule has 0 aliphatic rings. The topological polar surface area (TPSA) is 104 Å². The van der Waals surface area contributed by atoms with Crippen LogP contribution in [0.5, 0.6) is 0 Å². The molecule has 0 aliphatic heterocycles. The quantitative estimate of drug-likeness (QED) is 0.191. The molecule has 31 heavy (non-hydrogen) atoms. The van der Waals surface area contributed by atoms with Gasteiger partial charge in [0.25, 0.3) is 11.5 Å². The number of nitrogens with zero attached hydrogens (tertiary/aromatic N) is 7. The van der Waals surface area contributed by atoms with Gasteiger partial charge < -0.3 is 0 Å². The molecule has 0 N–H and O–H groups in total. The molecule has 4 rings (SSSR count). The van der Waals surface area contributed by atoms with E-state index in [-0.39, 0.29) is 17.2 Å². The molecule has 13 heteroatoms. The molecule has 9 nitrogen and oxygen atoms in total. The molecule has 0 spiro atoms. The van der Waals surface area contributed by atoms with Crippen molar-refractivity contribution in [1.82, 2.24) is 24.5 Å². The minimum atomic E-state index is -4.41. The van der Waals surface area contributed by atoms with Crippen LogP contribution in [-0.4, -0.2) is 35.6 Å². The van der Waals surface area contributed by atoms with Crippen LogP contribution in [0, 0.1) is 10.1 Å². The van der Waals surface area contributed by atoms with E-state index in [1.165, 1.54) is 45.6 Å². The maximum absolute atomic E-state index is 12.9. The number of fused-ring (bicyclic) bond motifs is 1. The number of hydrogen-bond donors (Lipinski definition) is 0. The van der Waals surface area contributed by atoms with Crippen LogP contribution in [0.4, 0.5) is 18.9 Å². The summed E-state index contributed by atoms with van der Waals surface area (Å²) in [6.45, 7) is 0. The van der Waals surface area contributed by atoms with Gasteiger partial charge in [-0.3, -0.25) is 10.1 Å². The minimum absolute atomic E-state index is 0.0961. The summed E-state index contributed by atoms with van der Waals surface area (Å²) in [6, 6.07) is 11.2. The van der Waals surface area contributed by atoms with Gasteiger partial charge in [0.05, 0.1) is 22.3 Å². The maximum atomic E-state index is 12.9. The minimum Gasteiger partial charge on any atom is -0.258 e. The Bertz CT molecular complexity index is 1280. The monoisotopic (exact) mass is 447 g/mol. The van der Waals surface area contributed by atoms with Gasteiger partial charge in [0.2, 0.25) is 5.16 Å². The van der Waals surface area contributed by atoms with E-state index < -0.39 is 16.7 Å². The first-order chi connectivity index (χ1) is 14.8. The fraction of sp³-hybridized carbons (Fsp3) is 0.111. The highest BCUT2D eigenvalue weighted by Crippen LogP contribution is 2.31. The summed E-state index contributed by atoms with van der Waals surface area (Å²) in [7, 11) is 0. The lowest BCUT2D eigenvalue weighted by Gasteiger charge is -2.07. The normalized spacial score (nSPS) is 12.1. The molecule has 0 saturated heterocycles. The van der Waals surface area contributed by atoms with Gasteiger partial charge in [-0.1, -0.05) is 42.1 Å². The summed E-state index contributed by atoms with van der Waals surface area (Å²) in [5.41, 5.74) is -0.0322. The van der Waals surface area contributed by atoms with Crippen molar-refractivity contribution in [3.63, 3.8) is 0 Å². The number of halogens is 3. The lowest BCUT2D eigenvalue weighted by atomic mass is 10.1. The number of nitro groups is 1. The average molecular weight is 447 g/mol. The smallest absolute Gasteiger partial charge is 0.258 e. The summed E-state index contributed by atoms with van der Waals surface area (Å²) < 4.78 is 41.3. The van der Waals surface area contributed by atoms with E-state index in [2.05, 4.69) is 20.4 Å². The Hall–Kier alpha value is -3.74. The molecule has 0 radical (unpaired) electrons. The Balaban J connectivity index is 1.53. The third-order valence-electron chi connectivity index (χ3n) is 4.15. The lowest BCUT2D eigenvalue weighted by molar-refractivity contribution is -0.385. The van der Waals surface area contributed by atoms with Gasteiger partial charge in [-0.05, 0) is 17.7 Å². The summed E-state index contributed by atoms with van der Waals surface area (Å²) in [5.74, 6) is 0.484. The molecule has 158 valence electrons. The van der Waals surface area contributed by atoms with Crippen molar-refractivity contribution < 1.29 is 18.1 Å². The van der Waals surface area contributed by atoms with Crippen molar-refractivity contribution in [3.05, 3.63) is 81.7 Å². The van der Waals surface area contributed by atoms with Gasteiger partial charge in [0.1, 0.15) is 6.33 Å². The van der Waals surface area contributed by atoms with Crippen molar-refractivity contribution in [2.45, 2.75) is 17.1 Å². The molecule has 2 aromatic heterocycles. The molecule has 0 amide bonds. The fourth-order valence-corrected chi connectivity index (χ4v) is 3.52. The second kappa shape index (κ2) is 8.18. The Labute approximate surface area is 176 Å². The maximum Gasteiger partial charge on any atom is 0.416 e. The van der Waals surface area contributed by atoms with Gasteiger partial charge in [-0.25, -0.2) is 0 Å². The zero-order valence-corrected chi connectivity index (χ0v) is 16.3. The molecule has 4 aromatic rings. The van der Waals surface area contributed by atoms with Crippen LogP contribution in [0.3, 0.4) is 0 Å². The Morgan fingerprint density at radius 1 is 1.16 bits per heavy atom. The van der Waals surface area contributed by atoms with Gasteiger partial charge in [0, 0.05) is 11.8 Å². The van der Waals surface area contributed by atoms with Crippen LogP contribution in [0.15, 0.2) is 65.1 Å². The first-order valence-electron chi connectivity index (χ1n) is 8.68. The highest BCUT2D eigenvalue weighted by molar-refractivity contribution is 7.98. The van der Waals surface area contributed by atoms with E-state index >= 15 is 0 Å². The van der Waals surface area contributed by atoms with Crippen LogP contribution in [0.25, 0.3) is 5.78 Å². The second-order valence-corrected chi connectivity index (χ2v) is 7.16. The van der Waals surface area contributed by atoms with Crippen molar-refractivity contribution >= 4 is 29.4 Å². The molecule has 2 heterocycles. The van der Waals surface area contributed by atoms with Gasteiger partial charge >= 0.3 is 6.18 Å². The molecule has 0 saturated carbocycles. The number of aromatic nitrogens is 5. The summed E-state index contributed by atoms with van der Waals surface area (Å²) in [5, 5.41) is 27.7. The summed E-state index contributed by atoms with van der Waals surface area (Å²) in [6.07, 6.45) is -1.75. The number of benzene rings is 2. The van der Waals surface area contributed by atoms with Crippen LogP contribution in [-0.2, 0) is 11.9 Å². The molecule has 0 atom stereocenters. The number of hydrogen-bond acceptors (Lipinski definition) is 7. The third kappa shape index (κ3) is 4.40. The van der Waals surface area contributed by atoms with E-state index in [0.29, 0.717) is 16.3 Å². The Kier molecular flexibility index (Phi) is 5.42. The van der Waals surface area contributed by atoms with Crippen molar-refractivity contribution in [2.24, 2.45) is 5.10 Å². The lowest BCUT2D eigenvalue weighted by Crippen LogP contribution is -2.04. The number of nitro benzene ring substituents is 1.